The van der Waals surface area contributed by atoms with Crippen LogP contribution < -0.4 is 5.32 Å². The van der Waals surface area contributed by atoms with Gasteiger partial charge in [-0.05, 0) is 54.0 Å². The molecule has 1 heterocycles. The zero-order valence-corrected chi connectivity index (χ0v) is 18.7. The molecule has 2 aromatic carbocycles. The maximum Gasteiger partial charge on any atom is 0.243 e. The lowest BCUT2D eigenvalue weighted by atomic mass is 9.78. The van der Waals surface area contributed by atoms with Gasteiger partial charge in [0.25, 0.3) is 0 Å². The molecule has 162 valence electrons. The Morgan fingerprint density at radius 3 is 2.40 bits per heavy atom. The SMILES string of the molecule is C[C@H]1[C@@H](NC(=O)C2CCN(S(=O)(=O)c3ccc4ccccc4c3)CC2)CCC[C@@H]1C. The summed E-state index contributed by atoms with van der Waals surface area (Å²) in [6.45, 7) is 5.28. The molecular weight excluding hydrogens is 396 g/mol. The highest BCUT2D eigenvalue weighted by Crippen LogP contribution is 2.31. The van der Waals surface area contributed by atoms with E-state index in [0.717, 1.165) is 17.2 Å². The lowest BCUT2D eigenvalue weighted by Crippen LogP contribution is -2.48. The van der Waals surface area contributed by atoms with Crippen molar-refractivity contribution in [3.05, 3.63) is 42.5 Å². The molecule has 3 atom stereocenters. The Morgan fingerprint density at radius 2 is 1.67 bits per heavy atom. The molecule has 1 aliphatic carbocycles. The van der Waals surface area contributed by atoms with Gasteiger partial charge < -0.3 is 5.32 Å². The quantitative estimate of drug-likeness (QED) is 0.794. The number of carbonyl (C=O) groups excluding carboxylic acids is 1. The first-order valence-electron chi connectivity index (χ1n) is 11.2. The Morgan fingerprint density at radius 1 is 0.967 bits per heavy atom. The molecule has 2 aliphatic rings. The number of nitrogens with one attached hydrogen (secondary N) is 1. The summed E-state index contributed by atoms with van der Waals surface area (Å²) in [6.07, 6.45) is 4.61. The molecule has 5 nitrogen and oxygen atoms in total. The molecule has 4 rings (SSSR count). The van der Waals surface area contributed by atoms with Crippen LogP contribution in [-0.2, 0) is 14.8 Å². The van der Waals surface area contributed by atoms with Gasteiger partial charge in [0.05, 0.1) is 4.90 Å². The summed E-state index contributed by atoms with van der Waals surface area (Å²) in [5, 5.41) is 5.21. The van der Waals surface area contributed by atoms with Gasteiger partial charge in [-0.15, -0.1) is 0 Å². The monoisotopic (exact) mass is 428 g/mol. The van der Waals surface area contributed by atoms with Crippen molar-refractivity contribution in [2.75, 3.05) is 13.1 Å². The Labute approximate surface area is 179 Å². The summed E-state index contributed by atoms with van der Waals surface area (Å²) in [5.74, 6) is 1.13. The maximum atomic E-state index is 13.1. The predicted octanol–water partition coefficient (Wildman–Crippen LogP) is 4.18. The minimum absolute atomic E-state index is 0.0995. The smallest absolute Gasteiger partial charge is 0.243 e. The molecule has 0 bridgehead atoms. The van der Waals surface area contributed by atoms with E-state index in [1.165, 1.54) is 17.1 Å². The van der Waals surface area contributed by atoms with E-state index in [-0.39, 0.29) is 17.9 Å². The zero-order chi connectivity index (χ0) is 21.3. The molecule has 6 heteroatoms. The average molecular weight is 429 g/mol. The van der Waals surface area contributed by atoms with Gasteiger partial charge in [-0.3, -0.25) is 4.79 Å². The minimum Gasteiger partial charge on any atom is -0.353 e. The first-order valence-corrected chi connectivity index (χ1v) is 12.6. The molecule has 0 aromatic heterocycles. The highest BCUT2D eigenvalue weighted by molar-refractivity contribution is 7.89. The molecule has 1 aliphatic heterocycles. The van der Waals surface area contributed by atoms with E-state index in [2.05, 4.69) is 19.2 Å². The summed E-state index contributed by atoms with van der Waals surface area (Å²) in [6, 6.07) is 13.3. The second-order valence-corrected chi connectivity index (χ2v) is 11.0. The van der Waals surface area contributed by atoms with Crippen LogP contribution in [0.15, 0.2) is 47.4 Å². The largest absolute Gasteiger partial charge is 0.353 e. The number of rotatable bonds is 4. The second-order valence-electron chi connectivity index (χ2n) is 9.07. The first kappa shape index (κ1) is 21.3. The van der Waals surface area contributed by atoms with Crippen molar-refractivity contribution in [3.63, 3.8) is 0 Å². The van der Waals surface area contributed by atoms with E-state index in [0.29, 0.717) is 42.7 Å². The van der Waals surface area contributed by atoms with Crippen molar-refractivity contribution in [2.45, 2.75) is 56.9 Å². The molecule has 1 saturated heterocycles. The van der Waals surface area contributed by atoms with Crippen LogP contribution >= 0.6 is 0 Å². The van der Waals surface area contributed by atoms with Crippen molar-refractivity contribution in [2.24, 2.45) is 17.8 Å². The van der Waals surface area contributed by atoms with E-state index in [1.807, 2.05) is 30.3 Å². The van der Waals surface area contributed by atoms with Gasteiger partial charge >= 0.3 is 0 Å². The molecule has 1 saturated carbocycles. The highest BCUT2D eigenvalue weighted by Gasteiger charge is 2.34. The number of hydrogen-bond donors (Lipinski definition) is 1. The molecule has 1 N–H and O–H groups in total. The Bertz CT molecular complexity index is 1010. The topological polar surface area (TPSA) is 66.5 Å². The van der Waals surface area contributed by atoms with Crippen LogP contribution in [0.3, 0.4) is 0 Å². The van der Waals surface area contributed by atoms with Crippen molar-refractivity contribution < 1.29 is 13.2 Å². The first-order chi connectivity index (χ1) is 14.4. The normalized spacial score (nSPS) is 26.5. The molecule has 1 amide bonds. The molecule has 2 aromatic rings. The number of sulfonamides is 1. The third-order valence-corrected chi connectivity index (χ3v) is 9.11. The van der Waals surface area contributed by atoms with E-state index in [9.17, 15) is 13.2 Å². The lowest BCUT2D eigenvalue weighted by Gasteiger charge is -2.36. The van der Waals surface area contributed by atoms with Crippen LogP contribution in [0.25, 0.3) is 10.8 Å². The standard InChI is InChI=1S/C24H32N2O3S/c1-17-6-5-9-23(18(17)2)25-24(27)20-12-14-26(15-13-20)30(28,29)22-11-10-19-7-3-4-8-21(19)16-22/h3-4,7-8,10-11,16-18,20,23H,5-6,9,12-15H2,1-2H3,(H,25,27)/t17-,18+,23-/m0/s1. The predicted molar refractivity (Wildman–Crippen MR) is 120 cm³/mol. The van der Waals surface area contributed by atoms with Crippen LogP contribution in [0.5, 0.6) is 0 Å². The van der Waals surface area contributed by atoms with Crippen molar-refractivity contribution >= 4 is 26.7 Å². The molecular formula is C24H32N2O3S. The van der Waals surface area contributed by atoms with Gasteiger partial charge in [-0.2, -0.15) is 4.31 Å². The average Bonchev–Trinajstić information content (AvgIpc) is 2.76. The van der Waals surface area contributed by atoms with Crippen molar-refractivity contribution in [1.29, 1.82) is 0 Å². The number of piperidine rings is 1. The highest BCUT2D eigenvalue weighted by atomic mass is 32.2. The number of carbonyl (C=O) groups is 1. The maximum absolute atomic E-state index is 13.1. The molecule has 0 radical (unpaired) electrons. The third-order valence-electron chi connectivity index (χ3n) is 7.22. The molecule has 2 fully saturated rings. The third kappa shape index (κ3) is 4.26. The molecule has 30 heavy (non-hydrogen) atoms. The molecule has 0 spiro atoms. The summed E-state index contributed by atoms with van der Waals surface area (Å²) in [5.41, 5.74) is 0. The van der Waals surface area contributed by atoms with Crippen LogP contribution in [0.2, 0.25) is 0 Å². The Balaban J connectivity index is 1.39. The van der Waals surface area contributed by atoms with Gasteiger partial charge in [-0.1, -0.05) is 57.0 Å². The minimum atomic E-state index is -3.54. The number of amides is 1. The van der Waals surface area contributed by atoms with Crippen LogP contribution in [0.1, 0.15) is 46.0 Å². The number of nitrogens with zero attached hydrogens (tertiary/aromatic N) is 1. The van der Waals surface area contributed by atoms with Gasteiger partial charge in [0.2, 0.25) is 15.9 Å². The molecule has 0 unspecified atom stereocenters. The summed E-state index contributed by atoms with van der Waals surface area (Å²) >= 11 is 0. The summed E-state index contributed by atoms with van der Waals surface area (Å²) in [4.78, 5) is 13.1. The lowest BCUT2D eigenvalue weighted by molar-refractivity contribution is -0.127. The Hall–Kier alpha value is -1.92. The number of benzene rings is 2. The number of fused-ring (bicyclic) bond motifs is 1. The zero-order valence-electron chi connectivity index (χ0n) is 17.9. The summed E-state index contributed by atoms with van der Waals surface area (Å²) in [7, 11) is -3.54. The second kappa shape index (κ2) is 8.67. The Kier molecular flexibility index (Phi) is 6.16. The van der Waals surface area contributed by atoms with Crippen LogP contribution in [-0.4, -0.2) is 37.8 Å². The van der Waals surface area contributed by atoms with Crippen LogP contribution in [0.4, 0.5) is 0 Å². The van der Waals surface area contributed by atoms with Gasteiger partial charge in [-0.25, -0.2) is 8.42 Å². The fraction of sp³-hybridized carbons (Fsp3) is 0.542. The fourth-order valence-electron chi connectivity index (χ4n) is 4.92. The van der Waals surface area contributed by atoms with E-state index in [4.69, 9.17) is 0 Å². The summed E-state index contributed by atoms with van der Waals surface area (Å²) < 4.78 is 27.8. The van der Waals surface area contributed by atoms with Crippen LogP contribution in [0, 0.1) is 17.8 Å². The van der Waals surface area contributed by atoms with Gasteiger partial charge in [0, 0.05) is 25.0 Å². The van der Waals surface area contributed by atoms with Crippen molar-refractivity contribution in [3.8, 4) is 0 Å². The van der Waals surface area contributed by atoms with E-state index >= 15 is 0 Å². The van der Waals surface area contributed by atoms with E-state index in [1.54, 1.807) is 12.1 Å². The van der Waals surface area contributed by atoms with Crippen molar-refractivity contribution in [1.82, 2.24) is 9.62 Å². The van der Waals surface area contributed by atoms with Gasteiger partial charge in [0.1, 0.15) is 0 Å². The fourth-order valence-corrected chi connectivity index (χ4v) is 6.43. The van der Waals surface area contributed by atoms with E-state index < -0.39 is 10.0 Å². The van der Waals surface area contributed by atoms with Gasteiger partial charge in [0.15, 0.2) is 0 Å². The number of hydrogen-bond acceptors (Lipinski definition) is 3.